The van der Waals surface area contributed by atoms with Crippen molar-refractivity contribution in [2.75, 3.05) is 0 Å². The molecule has 2 aromatic heterocycles. The van der Waals surface area contributed by atoms with Gasteiger partial charge in [-0.05, 0) is 42.9 Å². The predicted molar refractivity (Wildman–Crippen MR) is 107 cm³/mol. The fourth-order valence-electron chi connectivity index (χ4n) is 3.46. The third-order valence-electron chi connectivity index (χ3n) is 4.95. The summed E-state index contributed by atoms with van der Waals surface area (Å²) in [7, 11) is 0. The Labute approximate surface area is 165 Å². The number of fused-ring (bicyclic) bond motifs is 3. The average molecular weight is 396 g/mol. The first-order valence-corrected chi connectivity index (χ1v) is 9.98. The average Bonchev–Trinajstić information content (AvgIpc) is 3.07. The van der Waals surface area contributed by atoms with Gasteiger partial charge < -0.3 is 0 Å². The number of hydrogen-bond donors (Lipinski definition) is 2. The summed E-state index contributed by atoms with van der Waals surface area (Å²) in [5.74, 6) is -0.303. The molecule has 144 valence electrons. The molecule has 0 saturated heterocycles. The largest absolute Gasteiger partial charge is 0.289 e. The normalized spacial score (nSPS) is 15.8. The van der Waals surface area contributed by atoms with Crippen molar-refractivity contribution in [3.8, 4) is 0 Å². The summed E-state index contributed by atoms with van der Waals surface area (Å²) in [6.45, 7) is 2.00. The van der Waals surface area contributed by atoms with Crippen molar-refractivity contribution in [3.63, 3.8) is 0 Å². The zero-order valence-electron chi connectivity index (χ0n) is 15.4. The number of carbonyl (C=O) groups excluding carboxylic acids is 2. The molecule has 7 nitrogen and oxygen atoms in total. The van der Waals surface area contributed by atoms with E-state index in [1.54, 1.807) is 41.7 Å². The first kappa shape index (κ1) is 18.4. The van der Waals surface area contributed by atoms with Crippen LogP contribution in [0.3, 0.4) is 0 Å². The molecule has 2 amide bonds. The van der Waals surface area contributed by atoms with Gasteiger partial charge >= 0.3 is 0 Å². The molecule has 0 fully saturated rings. The fourth-order valence-corrected chi connectivity index (χ4v) is 4.80. The molecule has 0 radical (unpaired) electrons. The molecule has 0 saturated carbocycles. The number of aromatic nitrogens is 2. The lowest BCUT2D eigenvalue weighted by atomic mass is 9.89. The highest BCUT2D eigenvalue weighted by Gasteiger charge is 2.23. The lowest BCUT2D eigenvalue weighted by molar-refractivity contribution is -0.122. The van der Waals surface area contributed by atoms with Gasteiger partial charge in [-0.2, -0.15) is 0 Å². The van der Waals surface area contributed by atoms with Crippen molar-refractivity contribution in [2.24, 2.45) is 5.92 Å². The van der Waals surface area contributed by atoms with E-state index in [1.165, 1.54) is 15.8 Å². The maximum atomic E-state index is 12.9. The van der Waals surface area contributed by atoms with Crippen molar-refractivity contribution >= 4 is 33.4 Å². The Morgan fingerprint density at radius 1 is 1.25 bits per heavy atom. The highest BCUT2D eigenvalue weighted by molar-refractivity contribution is 7.18. The summed E-state index contributed by atoms with van der Waals surface area (Å²) >= 11 is 1.58. The fraction of sp³-hybridized carbons (Fsp3) is 0.300. The zero-order valence-corrected chi connectivity index (χ0v) is 16.2. The summed E-state index contributed by atoms with van der Waals surface area (Å²) in [5, 5.41) is 0.635. The molecule has 3 aromatic rings. The number of nitrogens with one attached hydrogen (secondary N) is 2. The van der Waals surface area contributed by atoms with Crippen LogP contribution in [-0.4, -0.2) is 21.4 Å². The first-order valence-electron chi connectivity index (χ1n) is 9.17. The monoisotopic (exact) mass is 396 g/mol. The van der Waals surface area contributed by atoms with E-state index in [0.29, 0.717) is 16.9 Å². The maximum absolute atomic E-state index is 12.9. The Kier molecular flexibility index (Phi) is 4.95. The molecule has 1 aromatic carbocycles. The van der Waals surface area contributed by atoms with Crippen molar-refractivity contribution in [1.82, 2.24) is 20.4 Å². The van der Waals surface area contributed by atoms with Gasteiger partial charge in [-0.25, -0.2) is 4.98 Å². The van der Waals surface area contributed by atoms with Gasteiger partial charge in [0.25, 0.3) is 17.4 Å². The van der Waals surface area contributed by atoms with E-state index in [1.807, 2.05) is 0 Å². The van der Waals surface area contributed by atoms with Crippen LogP contribution in [0.2, 0.25) is 0 Å². The van der Waals surface area contributed by atoms with Gasteiger partial charge in [0.05, 0.1) is 11.7 Å². The smallest absolute Gasteiger partial charge is 0.269 e. The van der Waals surface area contributed by atoms with Crippen molar-refractivity contribution in [3.05, 3.63) is 63.0 Å². The standard InChI is InChI=1S/C20H20N4O3S/c1-12-7-8-14-15(9-12)28-19-17(14)20(27)24(11-21-19)10-16(25)22-23-18(26)13-5-3-2-4-6-13/h2-6,11-12H,7-10H2,1H3,(H,22,25)(H,23,26)/t12-/m1/s1. The van der Waals surface area contributed by atoms with Gasteiger partial charge in [-0.3, -0.25) is 29.8 Å². The van der Waals surface area contributed by atoms with Gasteiger partial charge in [-0.1, -0.05) is 25.1 Å². The Morgan fingerprint density at radius 2 is 2.04 bits per heavy atom. The number of aryl methyl sites for hydroxylation is 1. The van der Waals surface area contributed by atoms with Crippen LogP contribution in [0, 0.1) is 5.92 Å². The zero-order chi connectivity index (χ0) is 19.7. The lowest BCUT2D eigenvalue weighted by Crippen LogP contribution is -2.44. The molecule has 28 heavy (non-hydrogen) atoms. The van der Waals surface area contributed by atoms with E-state index in [2.05, 4.69) is 22.8 Å². The van der Waals surface area contributed by atoms with E-state index in [4.69, 9.17) is 0 Å². The van der Waals surface area contributed by atoms with E-state index in [0.717, 1.165) is 29.7 Å². The molecule has 0 bridgehead atoms. The Hall–Kier alpha value is -3.00. The van der Waals surface area contributed by atoms with E-state index < -0.39 is 11.8 Å². The van der Waals surface area contributed by atoms with Crippen LogP contribution in [0.15, 0.2) is 41.5 Å². The Balaban J connectivity index is 1.49. The van der Waals surface area contributed by atoms with Gasteiger partial charge in [0, 0.05) is 10.4 Å². The van der Waals surface area contributed by atoms with Crippen molar-refractivity contribution in [1.29, 1.82) is 0 Å². The second-order valence-corrected chi connectivity index (χ2v) is 8.16. The summed E-state index contributed by atoms with van der Waals surface area (Å²) in [4.78, 5) is 43.4. The second kappa shape index (κ2) is 7.55. The number of nitrogens with zero attached hydrogens (tertiary/aromatic N) is 2. The highest BCUT2D eigenvalue weighted by Crippen LogP contribution is 2.35. The van der Waals surface area contributed by atoms with Crippen LogP contribution >= 0.6 is 11.3 Å². The van der Waals surface area contributed by atoms with E-state index in [9.17, 15) is 14.4 Å². The van der Waals surface area contributed by atoms with Crippen LogP contribution in [0.1, 0.15) is 34.1 Å². The number of amides is 2. The topological polar surface area (TPSA) is 93.1 Å². The second-order valence-electron chi connectivity index (χ2n) is 7.08. The summed E-state index contributed by atoms with van der Waals surface area (Å²) in [6, 6.07) is 8.56. The minimum atomic E-state index is -0.495. The van der Waals surface area contributed by atoms with Gasteiger partial charge in [0.15, 0.2) is 0 Å². The van der Waals surface area contributed by atoms with Crippen LogP contribution < -0.4 is 16.4 Å². The summed E-state index contributed by atoms with van der Waals surface area (Å²) < 4.78 is 1.29. The van der Waals surface area contributed by atoms with Crippen molar-refractivity contribution < 1.29 is 9.59 Å². The third kappa shape index (κ3) is 3.55. The molecule has 2 heterocycles. The minimum Gasteiger partial charge on any atom is -0.289 e. The Morgan fingerprint density at radius 3 is 2.82 bits per heavy atom. The predicted octanol–water partition coefficient (Wildman–Crippen LogP) is 2.04. The summed E-state index contributed by atoms with van der Waals surface area (Å²) in [6.07, 6.45) is 4.30. The third-order valence-corrected chi connectivity index (χ3v) is 6.11. The van der Waals surface area contributed by atoms with Crippen molar-refractivity contribution in [2.45, 2.75) is 32.7 Å². The first-order chi connectivity index (χ1) is 13.5. The number of hydrazine groups is 1. The molecule has 8 heteroatoms. The number of carbonyl (C=O) groups is 2. The molecule has 4 rings (SSSR count). The molecule has 2 N–H and O–H groups in total. The molecule has 0 unspecified atom stereocenters. The number of benzene rings is 1. The number of hydrogen-bond acceptors (Lipinski definition) is 5. The van der Waals surface area contributed by atoms with Gasteiger partial charge in [0.2, 0.25) is 0 Å². The van der Waals surface area contributed by atoms with Crippen LogP contribution in [-0.2, 0) is 24.2 Å². The van der Waals surface area contributed by atoms with E-state index in [-0.39, 0.29) is 12.1 Å². The molecule has 0 spiro atoms. The molecule has 1 aliphatic carbocycles. The van der Waals surface area contributed by atoms with Crippen LogP contribution in [0.25, 0.3) is 10.2 Å². The van der Waals surface area contributed by atoms with Crippen LogP contribution in [0.5, 0.6) is 0 Å². The van der Waals surface area contributed by atoms with Gasteiger partial charge in [0.1, 0.15) is 11.4 Å². The highest BCUT2D eigenvalue weighted by atomic mass is 32.1. The molecule has 1 aliphatic rings. The minimum absolute atomic E-state index is 0.207. The summed E-state index contributed by atoms with van der Waals surface area (Å²) in [5.41, 5.74) is 6.01. The van der Waals surface area contributed by atoms with Crippen LogP contribution in [0.4, 0.5) is 0 Å². The maximum Gasteiger partial charge on any atom is 0.269 e. The molecular weight excluding hydrogens is 376 g/mol. The molecule has 1 atom stereocenters. The molecule has 0 aliphatic heterocycles. The van der Waals surface area contributed by atoms with E-state index >= 15 is 0 Å². The number of rotatable bonds is 3. The SMILES string of the molecule is C[C@@H]1CCc2c(sc3ncn(CC(=O)NNC(=O)c4ccccc4)c(=O)c23)C1. The number of thiophene rings is 1. The quantitative estimate of drug-likeness (QED) is 0.663. The lowest BCUT2D eigenvalue weighted by Gasteiger charge is -2.17. The Bertz CT molecular complexity index is 1100. The van der Waals surface area contributed by atoms with Gasteiger partial charge in [-0.15, -0.1) is 11.3 Å². The molecular formula is C20H20N4O3S.